The average molecular weight is 288 g/mol. The molecule has 0 spiro atoms. The van der Waals surface area contributed by atoms with Crippen molar-refractivity contribution in [2.75, 3.05) is 0 Å². The van der Waals surface area contributed by atoms with Gasteiger partial charge in [0.15, 0.2) is 0 Å². The minimum Gasteiger partial charge on any atom is -0.327 e. The molecule has 0 saturated heterocycles. The van der Waals surface area contributed by atoms with E-state index in [4.69, 9.17) is 5.73 Å². The first-order valence-electron chi connectivity index (χ1n) is 6.34. The monoisotopic (exact) mass is 288 g/mol. The first kappa shape index (κ1) is 12.8. The lowest BCUT2D eigenvalue weighted by atomic mass is 10.0. The zero-order valence-corrected chi connectivity index (χ0v) is 12.4. The smallest absolute Gasteiger partial charge is 0.0897 e. The second kappa shape index (κ2) is 5.41. The Morgan fingerprint density at radius 1 is 1.16 bits per heavy atom. The maximum absolute atomic E-state index is 6.27. The molecule has 4 heteroatoms. The van der Waals surface area contributed by atoms with Gasteiger partial charge in [0.05, 0.1) is 10.7 Å². The highest BCUT2D eigenvalue weighted by atomic mass is 32.1. The standard InChI is InChI=1S/C15H16N2S2/c1-10-17-13(9-18-10)7-12(16)6-11-8-19-15-5-3-2-4-14(11)15/h2-5,8-9,12H,6-7,16H2,1H3. The molecule has 0 fully saturated rings. The summed E-state index contributed by atoms with van der Waals surface area (Å²) in [5, 5.41) is 6.80. The summed E-state index contributed by atoms with van der Waals surface area (Å²) < 4.78 is 1.34. The van der Waals surface area contributed by atoms with Crippen LogP contribution in [0.1, 0.15) is 16.3 Å². The summed E-state index contributed by atoms with van der Waals surface area (Å²) in [6.07, 6.45) is 1.77. The SMILES string of the molecule is Cc1nc(CC(N)Cc2csc3ccccc23)cs1. The predicted molar refractivity (Wildman–Crippen MR) is 84.1 cm³/mol. The summed E-state index contributed by atoms with van der Waals surface area (Å²) in [5.74, 6) is 0. The Bertz CT molecular complexity index is 684. The van der Waals surface area contributed by atoms with Gasteiger partial charge in [-0.15, -0.1) is 22.7 Å². The lowest BCUT2D eigenvalue weighted by molar-refractivity contribution is 0.659. The average Bonchev–Trinajstić information content (AvgIpc) is 2.97. The van der Waals surface area contributed by atoms with Gasteiger partial charge in [0.2, 0.25) is 0 Å². The summed E-state index contributed by atoms with van der Waals surface area (Å²) in [4.78, 5) is 4.48. The number of hydrogen-bond donors (Lipinski definition) is 1. The maximum Gasteiger partial charge on any atom is 0.0897 e. The Balaban J connectivity index is 1.74. The number of rotatable bonds is 4. The number of thiophene rings is 1. The molecule has 2 heterocycles. The van der Waals surface area contributed by atoms with Gasteiger partial charge in [0, 0.05) is 22.5 Å². The van der Waals surface area contributed by atoms with Crippen molar-refractivity contribution in [2.24, 2.45) is 5.73 Å². The molecule has 3 rings (SSSR count). The van der Waals surface area contributed by atoms with Gasteiger partial charge < -0.3 is 5.73 Å². The largest absolute Gasteiger partial charge is 0.327 e. The molecular formula is C15H16N2S2. The van der Waals surface area contributed by atoms with Crippen molar-refractivity contribution in [3.05, 3.63) is 51.3 Å². The third-order valence-corrected chi connectivity index (χ3v) is 5.02. The van der Waals surface area contributed by atoms with Crippen molar-refractivity contribution in [1.29, 1.82) is 0 Å². The van der Waals surface area contributed by atoms with Crippen LogP contribution in [0.4, 0.5) is 0 Å². The molecule has 0 aliphatic rings. The van der Waals surface area contributed by atoms with Gasteiger partial charge >= 0.3 is 0 Å². The maximum atomic E-state index is 6.27. The Kier molecular flexibility index (Phi) is 3.64. The highest BCUT2D eigenvalue weighted by Crippen LogP contribution is 2.26. The molecule has 2 nitrogen and oxygen atoms in total. The second-order valence-corrected chi connectivity index (χ2v) is 6.76. The zero-order chi connectivity index (χ0) is 13.2. The van der Waals surface area contributed by atoms with E-state index in [2.05, 4.69) is 40.0 Å². The number of fused-ring (bicyclic) bond motifs is 1. The topological polar surface area (TPSA) is 38.9 Å². The third kappa shape index (κ3) is 2.86. The number of benzene rings is 1. The fourth-order valence-corrected chi connectivity index (χ4v) is 3.92. The number of hydrogen-bond acceptors (Lipinski definition) is 4. The van der Waals surface area contributed by atoms with E-state index in [1.165, 1.54) is 15.6 Å². The number of nitrogens with two attached hydrogens (primary N) is 1. The van der Waals surface area contributed by atoms with Gasteiger partial charge in [0.25, 0.3) is 0 Å². The molecule has 0 radical (unpaired) electrons. The minimum atomic E-state index is 0.138. The van der Waals surface area contributed by atoms with E-state index in [-0.39, 0.29) is 6.04 Å². The third-order valence-electron chi connectivity index (χ3n) is 3.18. The molecule has 1 aromatic carbocycles. The molecule has 0 amide bonds. The van der Waals surface area contributed by atoms with Gasteiger partial charge in [-0.1, -0.05) is 18.2 Å². The first-order chi connectivity index (χ1) is 9.22. The van der Waals surface area contributed by atoms with E-state index >= 15 is 0 Å². The lowest BCUT2D eigenvalue weighted by Crippen LogP contribution is -2.25. The molecule has 98 valence electrons. The number of aryl methyl sites for hydroxylation is 1. The van der Waals surface area contributed by atoms with Crippen LogP contribution in [0.5, 0.6) is 0 Å². The van der Waals surface area contributed by atoms with Crippen molar-refractivity contribution in [1.82, 2.24) is 4.98 Å². The Labute approximate surface area is 120 Å². The van der Waals surface area contributed by atoms with Crippen LogP contribution >= 0.6 is 22.7 Å². The van der Waals surface area contributed by atoms with Crippen LogP contribution in [0.3, 0.4) is 0 Å². The number of aromatic nitrogens is 1. The molecule has 19 heavy (non-hydrogen) atoms. The molecular weight excluding hydrogens is 272 g/mol. The molecule has 0 aliphatic heterocycles. The second-order valence-electron chi connectivity index (χ2n) is 4.78. The van der Waals surface area contributed by atoms with Crippen LogP contribution in [-0.4, -0.2) is 11.0 Å². The molecule has 0 bridgehead atoms. The van der Waals surface area contributed by atoms with Crippen LogP contribution < -0.4 is 5.73 Å². The van der Waals surface area contributed by atoms with Gasteiger partial charge in [-0.2, -0.15) is 0 Å². The summed E-state index contributed by atoms with van der Waals surface area (Å²) in [6, 6.07) is 8.66. The number of thiazole rings is 1. The first-order valence-corrected chi connectivity index (χ1v) is 8.10. The quantitative estimate of drug-likeness (QED) is 0.793. The van der Waals surface area contributed by atoms with Crippen molar-refractivity contribution < 1.29 is 0 Å². The normalized spacial score (nSPS) is 12.9. The Morgan fingerprint density at radius 3 is 2.79 bits per heavy atom. The predicted octanol–water partition coefficient (Wildman–Crippen LogP) is 3.78. The highest BCUT2D eigenvalue weighted by molar-refractivity contribution is 7.17. The van der Waals surface area contributed by atoms with E-state index < -0.39 is 0 Å². The highest BCUT2D eigenvalue weighted by Gasteiger charge is 2.11. The van der Waals surface area contributed by atoms with Crippen LogP contribution in [0, 0.1) is 6.92 Å². The van der Waals surface area contributed by atoms with Gasteiger partial charge in [0.1, 0.15) is 0 Å². The van der Waals surface area contributed by atoms with Crippen molar-refractivity contribution in [2.45, 2.75) is 25.8 Å². The summed E-state index contributed by atoms with van der Waals surface area (Å²) >= 11 is 3.49. The van der Waals surface area contributed by atoms with E-state index in [9.17, 15) is 0 Å². The lowest BCUT2D eigenvalue weighted by Gasteiger charge is -2.09. The minimum absolute atomic E-state index is 0.138. The molecule has 1 atom stereocenters. The van der Waals surface area contributed by atoms with Crippen LogP contribution in [-0.2, 0) is 12.8 Å². The van der Waals surface area contributed by atoms with Gasteiger partial charge in [-0.05, 0) is 35.7 Å². The fourth-order valence-electron chi connectivity index (χ4n) is 2.32. The van der Waals surface area contributed by atoms with E-state index in [0.29, 0.717) is 0 Å². The van der Waals surface area contributed by atoms with E-state index in [0.717, 1.165) is 23.5 Å². The molecule has 1 unspecified atom stereocenters. The number of nitrogens with zero attached hydrogens (tertiary/aromatic N) is 1. The van der Waals surface area contributed by atoms with Crippen LogP contribution in [0.2, 0.25) is 0 Å². The van der Waals surface area contributed by atoms with Crippen LogP contribution in [0.25, 0.3) is 10.1 Å². The van der Waals surface area contributed by atoms with Crippen molar-refractivity contribution >= 4 is 32.8 Å². The molecule has 0 aliphatic carbocycles. The molecule has 2 N–H and O–H groups in total. The van der Waals surface area contributed by atoms with Crippen molar-refractivity contribution in [3.63, 3.8) is 0 Å². The fraction of sp³-hybridized carbons (Fsp3) is 0.267. The zero-order valence-electron chi connectivity index (χ0n) is 10.8. The van der Waals surface area contributed by atoms with Gasteiger partial charge in [-0.25, -0.2) is 4.98 Å². The molecule has 2 aromatic heterocycles. The summed E-state index contributed by atoms with van der Waals surface area (Å²) in [5.41, 5.74) is 8.75. The Hall–Kier alpha value is -1.23. The van der Waals surface area contributed by atoms with E-state index in [1.54, 1.807) is 22.7 Å². The molecule has 3 aromatic rings. The van der Waals surface area contributed by atoms with Crippen LogP contribution in [0.15, 0.2) is 35.0 Å². The van der Waals surface area contributed by atoms with Gasteiger partial charge in [-0.3, -0.25) is 0 Å². The Morgan fingerprint density at radius 2 is 2.00 bits per heavy atom. The summed E-state index contributed by atoms with van der Waals surface area (Å²) in [7, 11) is 0. The van der Waals surface area contributed by atoms with Crippen molar-refractivity contribution in [3.8, 4) is 0 Å². The van der Waals surface area contributed by atoms with E-state index in [1.807, 2.05) is 6.92 Å². The molecule has 0 saturated carbocycles. The summed E-state index contributed by atoms with van der Waals surface area (Å²) in [6.45, 7) is 2.03.